The number of hydrogen-bond acceptors (Lipinski definition) is 3. The van der Waals surface area contributed by atoms with Crippen LogP contribution in [0.1, 0.15) is 23.3 Å². The second-order valence-corrected chi connectivity index (χ2v) is 6.85. The van der Waals surface area contributed by atoms with E-state index in [9.17, 15) is 4.79 Å². The average molecular weight is 327 g/mol. The highest BCUT2D eigenvalue weighted by Gasteiger charge is 2.25. The van der Waals surface area contributed by atoms with Crippen LogP contribution in [-0.2, 0) is 11.3 Å². The van der Waals surface area contributed by atoms with E-state index in [4.69, 9.17) is 4.74 Å². The van der Waals surface area contributed by atoms with Crippen LogP contribution in [0.5, 0.6) is 0 Å². The van der Waals surface area contributed by atoms with E-state index in [1.54, 1.807) is 0 Å². The van der Waals surface area contributed by atoms with Gasteiger partial charge >= 0.3 is 0 Å². The average Bonchev–Trinajstić information content (AvgIpc) is 3.36. The van der Waals surface area contributed by atoms with Gasteiger partial charge in [0.25, 0.3) is 5.91 Å². The van der Waals surface area contributed by atoms with Crippen molar-refractivity contribution in [2.45, 2.75) is 19.4 Å². The lowest BCUT2D eigenvalue weighted by Crippen LogP contribution is -2.41. The van der Waals surface area contributed by atoms with Crippen molar-refractivity contribution >= 4 is 16.8 Å². The molecule has 2 aromatic rings. The maximum Gasteiger partial charge on any atom is 0.267 e. The van der Waals surface area contributed by atoms with Gasteiger partial charge < -0.3 is 14.6 Å². The Morgan fingerprint density at radius 2 is 2.00 bits per heavy atom. The van der Waals surface area contributed by atoms with E-state index in [0.29, 0.717) is 6.54 Å². The first kappa shape index (κ1) is 15.7. The number of morpholine rings is 1. The minimum atomic E-state index is 0.0418. The van der Waals surface area contributed by atoms with E-state index in [1.165, 1.54) is 18.4 Å². The maximum atomic E-state index is 12.7. The highest BCUT2D eigenvalue weighted by molar-refractivity contribution is 5.98. The smallest absolute Gasteiger partial charge is 0.267 e. The fraction of sp³-hybridized carbons (Fsp3) is 0.526. The van der Waals surface area contributed by atoms with E-state index >= 15 is 0 Å². The van der Waals surface area contributed by atoms with E-state index in [1.807, 2.05) is 18.2 Å². The predicted molar refractivity (Wildman–Crippen MR) is 94.3 cm³/mol. The van der Waals surface area contributed by atoms with Gasteiger partial charge in [0, 0.05) is 43.6 Å². The Bertz CT molecular complexity index is 714. The monoisotopic (exact) mass is 327 g/mol. The standard InChI is InChI=1S/C19H25N3O2/c23-19(20-7-8-21-9-11-24-12-10-21)18-13-16-3-1-2-4-17(16)22(18)14-15-5-6-15/h1-4,13,15H,5-12,14H2,(H,20,23). The number of nitrogens with zero attached hydrogens (tertiary/aromatic N) is 2. The van der Waals surface area contributed by atoms with Crippen molar-refractivity contribution in [3.05, 3.63) is 36.0 Å². The van der Waals surface area contributed by atoms with Gasteiger partial charge in [-0.2, -0.15) is 0 Å². The number of benzene rings is 1. The highest BCUT2D eigenvalue weighted by Crippen LogP contribution is 2.33. The number of carbonyl (C=O) groups excluding carboxylic acids is 1. The fourth-order valence-electron chi connectivity index (χ4n) is 3.40. The molecule has 5 nitrogen and oxygen atoms in total. The topological polar surface area (TPSA) is 46.5 Å². The third-order valence-corrected chi connectivity index (χ3v) is 5.00. The van der Waals surface area contributed by atoms with Crippen LogP contribution in [0, 0.1) is 5.92 Å². The number of nitrogens with one attached hydrogen (secondary N) is 1. The van der Waals surface area contributed by atoms with Gasteiger partial charge in [-0.3, -0.25) is 9.69 Å². The van der Waals surface area contributed by atoms with Crippen molar-refractivity contribution < 1.29 is 9.53 Å². The van der Waals surface area contributed by atoms with Crippen molar-refractivity contribution in [1.82, 2.24) is 14.8 Å². The lowest BCUT2D eigenvalue weighted by molar-refractivity contribution is 0.0383. The number of hydrogen-bond donors (Lipinski definition) is 1. The summed E-state index contributed by atoms with van der Waals surface area (Å²) < 4.78 is 7.56. The minimum Gasteiger partial charge on any atom is -0.379 e. The first-order chi connectivity index (χ1) is 11.8. The molecule has 1 saturated heterocycles. The summed E-state index contributed by atoms with van der Waals surface area (Å²) in [6.07, 6.45) is 2.56. The zero-order chi connectivity index (χ0) is 16.4. The van der Waals surface area contributed by atoms with Crippen molar-refractivity contribution in [2.24, 2.45) is 5.92 Å². The number of rotatable bonds is 6. The Kier molecular flexibility index (Phi) is 4.54. The van der Waals surface area contributed by atoms with Crippen LogP contribution >= 0.6 is 0 Å². The van der Waals surface area contributed by atoms with Gasteiger partial charge in [-0.25, -0.2) is 0 Å². The normalized spacial score (nSPS) is 18.8. The van der Waals surface area contributed by atoms with E-state index in [0.717, 1.165) is 56.4 Å². The van der Waals surface area contributed by atoms with Gasteiger partial charge in [0.05, 0.1) is 13.2 Å². The number of ether oxygens (including phenoxy) is 1. The molecular weight excluding hydrogens is 302 g/mol. The summed E-state index contributed by atoms with van der Waals surface area (Å²) >= 11 is 0. The summed E-state index contributed by atoms with van der Waals surface area (Å²) in [5, 5.41) is 4.25. The number of carbonyl (C=O) groups is 1. The molecule has 0 atom stereocenters. The van der Waals surface area contributed by atoms with Crippen molar-refractivity contribution in [2.75, 3.05) is 39.4 Å². The molecule has 128 valence electrons. The van der Waals surface area contributed by atoms with Crippen LogP contribution in [-0.4, -0.2) is 54.8 Å². The van der Waals surface area contributed by atoms with Gasteiger partial charge in [0.2, 0.25) is 0 Å². The van der Waals surface area contributed by atoms with Crippen LogP contribution < -0.4 is 5.32 Å². The Hall–Kier alpha value is -1.85. The molecule has 1 aliphatic heterocycles. The van der Waals surface area contributed by atoms with Crippen LogP contribution in [0.4, 0.5) is 0 Å². The van der Waals surface area contributed by atoms with E-state index < -0.39 is 0 Å². The molecule has 1 N–H and O–H groups in total. The largest absolute Gasteiger partial charge is 0.379 e. The molecule has 2 fully saturated rings. The second-order valence-electron chi connectivity index (χ2n) is 6.85. The molecule has 2 aliphatic rings. The Balaban J connectivity index is 1.44. The number of fused-ring (bicyclic) bond motifs is 1. The molecule has 24 heavy (non-hydrogen) atoms. The predicted octanol–water partition coefficient (Wildman–Crippen LogP) is 2.11. The number of aromatic nitrogens is 1. The van der Waals surface area contributed by atoms with Crippen molar-refractivity contribution in [3.63, 3.8) is 0 Å². The Labute approximate surface area is 142 Å². The molecule has 1 amide bonds. The number of para-hydroxylation sites is 1. The SMILES string of the molecule is O=C(NCCN1CCOCC1)c1cc2ccccc2n1CC1CC1. The van der Waals surface area contributed by atoms with Gasteiger partial charge in [0.1, 0.15) is 5.69 Å². The molecule has 0 spiro atoms. The molecule has 4 rings (SSSR count). The first-order valence-corrected chi connectivity index (χ1v) is 8.98. The zero-order valence-electron chi connectivity index (χ0n) is 14.0. The molecule has 1 aliphatic carbocycles. The molecule has 0 unspecified atom stereocenters. The Morgan fingerprint density at radius 1 is 1.21 bits per heavy atom. The fourth-order valence-corrected chi connectivity index (χ4v) is 3.40. The second kappa shape index (κ2) is 6.95. The Morgan fingerprint density at radius 3 is 2.79 bits per heavy atom. The van der Waals surface area contributed by atoms with Crippen LogP contribution in [0.25, 0.3) is 10.9 Å². The summed E-state index contributed by atoms with van der Waals surface area (Å²) in [7, 11) is 0. The lowest BCUT2D eigenvalue weighted by atomic mass is 10.2. The van der Waals surface area contributed by atoms with Crippen molar-refractivity contribution in [3.8, 4) is 0 Å². The molecule has 1 saturated carbocycles. The van der Waals surface area contributed by atoms with E-state index in [-0.39, 0.29) is 5.91 Å². The summed E-state index contributed by atoms with van der Waals surface area (Å²) in [6.45, 7) is 6.03. The maximum absolute atomic E-state index is 12.7. The van der Waals surface area contributed by atoms with Gasteiger partial charge in [-0.1, -0.05) is 18.2 Å². The molecule has 1 aromatic heterocycles. The highest BCUT2D eigenvalue weighted by atomic mass is 16.5. The molecule has 0 bridgehead atoms. The van der Waals surface area contributed by atoms with Crippen LogP contribution in [0.15, 0.2) is 30.3 Å². The summed E-state index contributed by atoms with van der Waals surface area (Å²) in [4.78, 5) is 15.0. The van der Waals surface area contributed by atoms with Crippen molar-refractivity contribution in [1.29, 1.82) is 0 Å². The lowest BCUT2D eigenvalue weighted by Gasteiger charge is -2.26. The van der Waals surface area contributed by atoms with Gasteiger partial charge in [0.15, 0.2) is 0 Å². The van der Waals surface area contributed by atoms with Gasteiger partial charge in [-0.15, -0.1) is 0 Å². The summed E-state index contributed by atoms with van der Waals surface area (Å²) in [5.41, 5.74) is 1.97. The molecule has 2 heterocycles. The molecule has 0 radical (unpaired) electrons. The molecule has 5 heteroatoms. The van der Waals surface area contributed by atoms with Crippen LogP contribution in [0.3, 0.4) is 0 Å². The molecular formula is C19H25N3O2. The first-order valence-electron chi connectivity index (χ1n) is 8.98. The zero-order valence-corrected chi connectivity index (χ0v) is 14.0. The quantitative estimate of drug-likeness (QED) is 0.884. The summed E-state index contributed by atoms with van der Waals surface area (Å²) in [6, 6.07) is 10.3. The van der Waals surface area contributed by atoms with E-state index in [2.05, 4.69) is 26.9 Å². The minimum absolute atomic E-state index is 0.0418. The number of amides is 1. The van der Waals surface area contributed by atoms with Crippen LogP contribution in [0.2, 0.25) is 0 Å². The van der Waals surface area contributed by atoms with Gasteiger partial charge in [-0.05, 0) is 30.9 Å². The third-order valence-electron chi connectivity index (χ3n) is 5.00. The summed E-state index contributed by atoms with van der Waals surface area (Å²) in [5.74, 6) is 0.779. The molecule has 1 aromatic carbocycles. The third kappa shape index (κ3) is 3.47.